The molecule has 56 heavy (non-hydrogen) atoms. The lowest BCUT2D eigenvalue weighted by molar-refractivity contribution is -0.118. The van der Waals surface area contributed by atoms with Gasteiger partial charge in [0.15, 0.2) is 14.5 Å². The number of benzene rings is 3. The highest BCUT2D eigenvalue weighted by atomic mass is 32.2. The van der Waals surface area contributed by atoms with Gasteiger partial charge < -0.3 is 28.5 Å². The van der Waals surface area contributed by atoms with E-state index in [1.54, 1.807) is 21.1 Å². The lowest BCUT2D eigenvalue weighted by atomic mass is 9.80. The highest BCUT2D eigenvalue weighted by molar-refractivity contribution is 7.85. The van der Waals surface area contributed by atoms with Crippen molar-refractivity contribution in [2.75, 3.05) is 33.7 Å². The average molecular weight is 811 g/mol. The quantitative estimate of drug-likeness (QED) is 0.0623. The van der Waals surface area contributed by atoms with Gasteiger partial charge in [-0.2, -0.15) is 8.42 Å². The first-order valence-electron chi connectivity index (χ1n) is 18.5. The summed E-state index contributed by atoms with van der Waals surface area (Å²) in [6, 6.07) is 24.8. The van der Waals surface area contributed by atoms with Crippen molar-refractivity contribution in [2.45, 2.75) is 88.3 Å². The lowest BCUT2D eigenvalue weighted by Gasteiger charge is -2.44. The molecule has 0 bridgehead atoms. The lowest BCUT2D eigenvalue weighted by Crippen LogP contribution is -2.56. The van der Waals surface area contributed by atoms with Gasteiger partial charge in [0.25, 0.3) is 15.7 Å². The Labute approximate surface area is 329 Å². The number of rotatable bonds is 16. The number of nitrogens with zero attached hydrogens (tertiary/aromatic N) is 1. The second-order valence-electron chi connectivity index (χ2n) is 15.7. The van der Waals surface area contributed by atoms with Crippen molar-refractivity contribution in [3.8, 4) is 11.5 Å². The van der Waals surface area contributed by atoms with E-state index in [1.807, 2.05) is 92.0 Å². The Hall–Kier alpha value is -4.09. The molecule has 0 spiro atoms. The number of aryl methyl sites for hydroxylation is 1. The van der Waals surface area contributed by atoms with Crippen LogP contribution in [0.3, 0.4) is 0 Å². The Morgan fingerprint density at radius 3 is 1.93 bits per heavy atom. The van der Waals surface area contributed by atoms with Crippen LogP contribution in [-0.2, 0) is 33.8 Å². The summed E-state index contributed by atoms with van der Waals surface area (Å²) in [6.45, 7) is 11.5. The van der Waals surface area contributed by atoms with Crippen LogP contribution in [0, 0.1) is 6.92 Å². The van der Waals surface area contributed by atoms with E-state index in [-0.39, 0.29) is 36.7 Å². The van der Waals surface area contributed by atoms with E-state index in [9.17, 15) is 23.1 Å². The molecule has 4 aromatic rings. The number of aromatic amines is 1. The van der Waals surface area contributed by atoms with Crippen LogP contribution in [0.25, 0.3) is 0 Å². The summed E-state index contributed by atoms with van der Waals surface area (Å²) in [7, 11) is -3.31. The van der Waals surface area contributed by atoms with E-state index in [2.05, 4.69) is 25.8 Å². The van der Waals surface area contributed by atoms with Crippen molar-refractivity contribution in [1.29, 1.82) is 0 Å². The van der Waals surface area contributed by atoms with Crippen LogP contribution in [0.4, 0.5) is 0 Å². The van der Waals surface area contributed by atoms with Gasteiger partial charge in [0, 0.05) is 11.8 Å². The van der Waals surface area contributed by atoms with Gasteiger partial charge in [-0.25, -0.2) is 4.79 Å². The molecule has 13 nitrogen and oxygen atoms in total. The molecule has 1 aromatic heterocycles. The summed E-state index contributed by atoms with van der Waals surface area (Å²) in [6.07, 6.45) is -1.18. The van der Waals surface area contributed by atoms with Gasteiger partial charge in [-0.15, -0.1) is 0 Å². The smallest absolute Gasteiger partial charge is 0.330 e. The van der Waals surface area contributed by atoms with Crippen molar-refractivity contribution in [1.82, 2.24) is 9.55 Å². The molecule has 0 unspecified atom stereocenters. The number of aliphatic hydroxyl groups is 1. The Balaban J connectivity index is 1.70. The second-order valence-corrected chi connectivity index (χ2v) is 22.1. The van der Waals surface area contributed by atoms with Gasteiger partial charge >= 0.3 is 5.69 Å². The van der Waals surface area contributed by atoms with Gasteiger partial charge in [-0.05, 0) is 78.9 Å². The van der Waals surface area contributed by atoms with Crippen LogP contribution in [0.15, 0.2) is 94.6 Å². The standard InChI is InChI=1S/C41H54N2O11SSi/c1-28-26-43(38(45)42-36(28)44)37-40(46,24-13-25-52-55(7,47)48)35(54-56(8,9)39(2,3)4)34(53-37)27-51-41(29-14-11-10-12-15-29,30-16-20-32(49-5)21-17-30)31-18-22-33(50-6)23-19-31/h10-12,14-23,26,34-35,37,46H,13,24-25,27H2,1-9H3,(H,42,44,45)/t34-,35-,37-,40-/m1/s1. The molecule has 3 aromatic carbocycles. The molecule has 2 heterocycles. The van der Waals surface area contributed by atoms with E-state index >= 15 is 0 Å². The molecule has 1 aliphatic heterocycles. The third kappa shape index (κ3) is 9.04. The molecule has 15 heteroatoms. The minimum Gasteiger partial charge on any atom is -0.497 e. The minimum absolute atomic E-state index is 0.0666. The highest BCUT2D eigenvalue weighted by Crippen LogP contribution is 2.49. The van der Waals surface area contributed by atoms with E-state index in [0.717, 1.165) is 27.5 Å². The monoisotopic (exact) mass is 810 g/mol. The van der Waals surface area contributed by atoms with Crippen molar-refractivity contribution in [3.05, 3.63) is 128 Å². The molecule has 1 fully saturated rings. The number of hydrogen-bond donors (Lipinski definition) is 2. The summed E-state index contributed by atoms with van der Waals surface area (Å²) in [4.78, 5) is 28.3. The van der Waals surface area contributed by atoms with E-state index in [0.29, 0.717) is 11.5 Å². The normalized spacial score (nSPS) is 20.6. The molecule has 1 saturated heterocycles. The number of methoxy groups -OCH3 is 2. The third-order valence-electron chi connectivity index (χ3n) is 10.8. The van der Waals surface area contributed by atoms with Gasteiger partial charge in [-0.3, -0.25) is 18.5 Å². The fourth-order valence-electron chi connectivity index (χ4n) is 6.80. The summed E-state index contributed by atoms with van der Waals surface area (Å²) in [5, 5.41) is 12.7. The van der Waals surface area contributed by atoms with Crippen LogP contribution in [0.2, 0.25) is 18.1 Å². The molecule has 0 amide bonds. The van der Waals surface area contributed by atoms with Crippen LogP contribution >= 0.6 is 0 Å². The highest BCUT2D eigenvalue weighted by Gasteiger charge is 2.60. The molecule has 0 saturated carbocycles. The molecule has 304 valence electrons. The van der Waals surface area contributed by atoms with E-state index in [4.69, 9.17) is 27.6 Å². The summed E-state index contributed by atoms with van der Waals surface area (Å²) >= 11 is 0. The predicted octanol–water partition coefficient (Wildman–Crippen LogP) is 5.65. The Morgan fingerprint density at radius 1 is 0.893 bits per heavy atom. The number of aromatic nitrogens is 2. The molecule has 1 aliphatic rings. The zero-order chi connectivity index (χ0) is 41.1. The largest absolute Gasteiger partial charge is 0.497 e. The number of nitrogens with one attached hydrogen (secondary N) is 1. The summed E-state index contributed by atoms with van der Waals surface area (Å²) in [5.74, 6) is 1.31. The maximum atomic E-state index is 13.5. The van der Waals surface area contributed by atoms with Crippen LogP contribution in [0.1, 0.15) is 62.1 Å². The van der Waals surface area contributed by atoms with E-state index in [1.165, 1.54) is 6.20 Å². The van der Waals surface area contributed by atoms with Gasteiger partial charge in [0.1, 0.15) is 34.9 Å². The predicted molar refractivity (Wildman–Crippen MR) is 215 cm³/mol. The third-order valence-corrected chi connectivity index (χ3v) is 15.9. The Bertz CT molecular complexity index is 2120. The van der Waals surface area contributed by atoms with Crippen molar-refractivity contribution in [2.24, 2.45) is 0 Å². The van der Waals surface area contributed by atoms with Crippen molar-refractivity contribution >= 4 is 18.4 Å². The second kappa shape index (κ2) is 16.8. The molecule has 0 radical (unpaired) electrons. The van der Waals surface area contributed by atoms with Crippen LogP contribution < -0.4 is 20.7 Å². The van der Waals surface area contributed by atoms with E-state index < -0.39 is 59.3 Å². The van der Waals surface area contributed by atoms with Gasteiger partial charge in [0.2, 0.25) is 0 Å². The zero-order valence-corrected chi connectivity index (χ0v) is 35.3. The maximum Gasteiger partial charge on any atom is 0.330 e. The molecular weight excluding hydrogens is 757 g/mol. The molecule has 5 rings (SSSR count). The number of hydrogen-bond acceptors (Lipinski definition) is 11. The average Bonchev–Trinajstić information content (AvgIpc) is 3.41. The van der Waals surface area contributed by atoms with Crippen molar-refractivity contribution in [3.63, 3.8) is 0 Å². The fraction of sp³-hybridized carbons (Fsp3) is 0.463. The topological polar surface area (TPSA) is 165 Å². The summed E-state index contributed by atoms with van der Waals surface area (Å²) in [5.41, 5.74) is -2.00. The first-order valence-corrected chi connectivity index (χ1v) is 23.2. The Kier molecular flexibility index (Phi) is 12.9. The molecule has 2 N–H and O–H groups in total. The first kappa shape index (κ1) is 43.0. The fourth-order valence-corrected chi connectivity index (χ4v) is 8.56. The SMILES string of the molecule is COc1ccc(C(OC[C@H]2O[C@@H](n3cc(C)c(=O)[nH]c3=O)[C@@](O)(CCCOS(C)(=O)=O)[C@@H]2O[Si](C)(C)C(C)(C)C)(c2ccccc2)c2ccc(OC)cc2)cc1. The number of ether oxygens (including phenoxy) is 4. The first-order chi connectivity index (χ1) is 26.3. The zero-order valence-electron chi connectivity index (χ0n) is 33.5. The molecule has 0 aliphatic carbocycles. The Morgan fingerprint density at radius 2 is 1.43 bits per heavy atom. The van der Waals surface area contributed by atoms with Gasteiger partial charge in [-0.1, -0.05) is 75.4 Å². The van der Waals surface area contributed by atoms with Crippen molar-refractivity contribution < 1.29 is 41.1 Å². The summed E-state index contributed by atoms with van der Waals surface area (Å²) < 4.78 is 62.1. The van der Waals surface area contributed by atoms with Crippen LogP contribution in [-0.4, -0.2) is 82.9 Å². The van der Waals surface area contributed by atoms with Crippen LogP contribution in [0.5, 0.6) is 11.5 Å². The molecular formula is C41H54N2O11SSi. The van der Waals surface area contributed by atoms with Gasteiger partial charge in [0.05, 0.1) is 33.7 Å². The number of H-pyrrole nitrogens is 1. The maximum absolute atomic E-state index is 13.5. The molecule has 4 atom stereocenters. The minimum atomic E-state index is -3.78.